The highest BCUT2D eigenvalue weighted by atomic mass is 16.7. The maximum atomic E-state index is 10.3. The fourth-order valence-electron chi connectivity index (χ4n) is 10.3. The van der Waals surface area contributed by atoms with Crippen LogP contribution in [0.2, 0.25) is 0 Å². The van der Waals surface area contributed by atoms with E-state index in [1.165, 1.54) is 38.5 Å². The molecule has 3 N–H and O–H groups in total. The molecule has 2 aliphatic heterocycles. The molecule has 4 nitrogen and oxygen atoms in total. The highest BCUT2D eigenvalue weighted by Gasteiger charge is 2.71. The topological polar surface area (TPSA) is 64.7 Å². The van der Waals surface area contributed by atoms with Gasteiger partial charge >= 0.3 is 0 Å². The van der Waals surface area contributed by atoms with Crippen molar-refractivity contribution in [3.63, 3.8) is 0 Å². The molecule has 0 radical (unpaired) electrons. The third-order valence-corrected chi connectivity index (χ3v) is 12.1. The lowest BCUT2D eigenvalue weighted by Gasteiger charge is -2.62. The van der Waals surface area contributed by atoms with Crippen LogP contribution in [0.3, 0.4) is 0 Å². The molecule has 6 aliphatic rings. The normalized spacial score (nSPS) is 63.3. The van der Waals surface area contributed by atoms with Crippen molar-refractivity contribution in [1.29, 1.82) is 0 Å². The molecule has 0 bridgehead atoms. The minimum Gasteiger partial charge on any atom is -0.393 e. The van der Waals surface area contributed by atoms with E-state index in [-0.39, 0.29) is 23.3 Å². The summed E-state index contributed by atoms with van der Waals surface area (Å²) in [6.07, 6.45) is 10.7. The van der Waals surface area contributed by atoms with E-state index in [9.17, 15) is 5.11 Å². The molecule has 0 aromatic rings. The first-order valence-corrected chi connectivity index (χ1v) is 13.4. The Morgan fingerprint density at radius 2 is 1.74 bits per heavy atom. The molecule has 2 heterocycles. The zero-order chi connectivity index (χ0) is 21.8. The number of aliphatic hydroxyl groups is 1. The van der Waals surface area contributed by atoms with Gasteiger partial charge in [-0.2, -0.15) is 0 Å². The lowest BCUT2D eigenvalue weighted by Crippen LogP contribution is -2.61. The fraction of sp³-hybridized carbons (Fsp3) is 1.00. The number of hydrogen-bond donors (Lipinski definition) is 2. The Morgan fingerprint density at radius 3 is 2.48 bits per heavy atom. The lowest BCUT2D eigenvalue weighted by molar-refractivity contribution is -0.273. The maximum Gasteiger partial charge on any atom is 0.171 e. The summed E-state index contributed by atoms with van der Waals surface area (Å²) in [4.78, 5) is 0. The van der Waals surface area contributed by atoms with E-state index in [2.05, 4.69) is 27.7 Å². The van der Waals surface area contributed by atoms with Crippen molar-refractivity contribution in [2.75, 3.05) is 6.61 Å². The molecule has 0 aromatic heterocycles. The smallest absolute Gasteiger partial charge is 0.171 e. The first-order chi connectivity index (χ1) is 14.7. The molecule has 4 saturated carbocycles. The summed E-state index contributed by atoms with van der Waals surface area (Å²) in [7, 11) is 0. The van der Waals surface area contributed by atoms with Crippen LogP contribution in [0.1, 0.15) is 85.5 Å². The second-order valence-electron chi connectivity index (χ2n) is 13.3. The number of ether oxygens (including phenoxy) is 2. The third-order valence-electron chi connectivity index (χ3n) is 12.1. The first-order valence-electron chi connectivity index (χ1n) is 13.4. The van der Waals surface area contributed by atoms with Gasteiger partial charge in [0, 0.05) is 24.3 Å². The van der Waals surface area contributed by atoms with Gasteiger partial charge in [-0.25, -0.2) is 0 Å². The van der Waals surface area contributed by atoms with E-state index in [0.29, 0.717) is 41.1 Å². The van der Waals surface area contributed by atoms with Gasteiger partial charge in [0.1, 0.15) is 0 Å². The summed E-state index contributed by atoms with van der Waals surface area (Å²) < 4.78 is 13.4. The van der Waals surface area contributed by atoms with Crippen LogP contribution in [0, 0.1) is 52.3 Å². The van der Waals surface area contributed by atoms with Gasteiger partial charge < -0.3 is 20.3 Å². The Bertz CT molecular complexity index is 719. The fourth-order valence-corrected chi connectivity index (χ4v) is 10.3. The SMILES string of the molecule is CC1CCC2(OC1)OC1CC3C4CCC5CC(O)CCC5(C)C4CC(N)C3(C)C1C2C. The van der Waals surface area contributed by atoms with Crippen molar-refractivity contribution in [2.24, 2.45) is 58.0 Å². The Balaban J connectivity index is 1.29. The molecule has 1 spiro atoms. The average molecular weight is 432 g/mol. The van der Waals surface area contributed by atoms with E-state index in [4.69, 9.17) is 15.2 Å². The molecule has 0 aromatic carbocycles. The molecule has 13 unspecified atom stereocenters. The quantitative estimate of drug-likeness (QED) is 0.582. The number of hydrogen-bond acceptors (Lipinski definition) is 4. The van der Waals surface area contributed by atoms with E-state index >= 15 is 0 Å². The minimum atomic E-state index is -0.352. The van der Waals surface area contributed by atoms with Crippen LogP contribution in [0.5, 0.6) is 0 Å². The Kier molecular flexibility index (Phi) is 4.78. The van der Waals surface area contributed by atoms with Gasteiger partial charge in [-0.05, 0) is 91.8 Å². The van der Waals surface area contributed by atoms with Crippen molar-refractivity contribution in [3.05, 3.63) is 0 Å². The van der Waals surface area contributed by atoms with Gasteiger partial charge in [0.15, 0.2) is 5.79 Å². The van der Waals surface area contributed by atoms with Crippen molar-refractivity contribution >= 4 is 0 Å². The summed E-state index contributed by atoms with van der Waals surface area (Å²) >= 11 is 0. The second-order valence-corrected chi connectivity index (χ2v) is 13.3. The van der Waals surface area contributed by atoms with Gasteiger partial charge in [0.25, 0.3) is 0 Å². The van der Waals surface area contributed by atoms with Crippen molar-refractivity contribution in [1.82, 2.24) is 0 Å². The molecular weight excluding hydrogens is 386 g/mol. The first kappa shape index (κ1) is 21.4. The highest BCUT2D eigenvalue weighted by Crippen LogP contribution is 2.71. The molecule has 4 heteroatoms. The van der Waals surface area contributed by atoms with Crippen LogP contribution in [-0.4, -0.2) is 35.8 Å². The average Bonchev–Trinajstić information content (AvgIpc) is 3.18. The minimum absolute atomic E-state index is 0.0772. The standard InChI is InChI=1S/C27H45NO3/c1-15-7-10-27(30-14-15)16(2)24-22(31-27)12-21-19-6-5-17-11-18(29)8-9-25(17,3)20(19)13-23(28)26(21,24)4/h15-24,29H,5-14,28H2,1-4H3. The van der Waals surface area contributed by atoms with Gasteiger partial charge in [-0.3, -0.25) is 0 Å². The Morgan fingerprint density at radius 1 is 0.935 bits per heavy atom. The molecule has 6 rings (SSSR count). The van der Waals surface area contributed by atoms with Gasteiger partial charge in [-0.15, -0.1) is 0 Å². The van der Waals surface area contributed by atoms with Crippen LogP contribution < -0.4 is 5.73 Å². The summed E-state index contributed by atoms with van der Waals surface area (Å²) in [5, 5.41) is 10.3. The molecule has 0 amide bonds. The van der Waals surface area contributed by atoms with Gasteiger partial charge in [0.2, 0.25) is 0 Å². The summed E-state index contributed by atoms with van der Waals surface area (Å²) in [6.45, 7) is 10.6. The number of fused-ring (bicyclic) bond motifs is 7. The highest BCUT2D eigenvalue weighted by molar-refractivity contribution is 5.18. The predicted octanol–water partition coefficient (Wildman–Crippen LogP) is 4.73. The Hall–Kier alpha value is -0.160. The molecule has 2 saturated heterocycles. The zero-order valence-electron chi connectivity index (χ0n) is 20.2. The zero-order valence-corrected chi connectivity index (χ0v) is 20.2. The largest absolute Gasteiger partial charge is 0.393 e. The second kappa shape index (κ2) is 6.93. The van der Waals surface area contributed by atoms with Crippen molar-refractivity contribution in [3.8, 4) is 0 Å². The lowest BCUT2D eigenvalue weighted by atomic mass is 9.43. The molecular formula is C27H45NO3. The number of aliphatic hydroxyl groups excluding tert-OH is 1. The molecule has 13 atom stereocenters. The number of rotatable bonds is 0. The van der Waals surface area contributed by atoms with E-state index in [1.54, 1.807) is 0 Å². The van der Waals surface area contributed by atoms with E-state index in [1.807, 2.05) is 0 Å². The molecule has 6 fully saturated rings. The number of nitrogens with two attached hydrogens (primary N) is 1. The molecule has 176 valence electrons. The summed E-state index contributed by atoms with van der Waals surface area (Å²) in [5.74, 6) is 4.13. The van der Waals surface area contributed by atoms with Crippen LogP contribution in [-0.2, 0) is 9.47 Å². The van der Waals surface area contributed by atoms with Crippen LogP contribution >= 0.6 is 0 Å². The van der Waals surface area contributed by atoms with Crippen LogP contribution in [0.4, 0.5) is 0 Å². The Labute approximate surface area is 189 Å². The van der Waals surface area contributed by atoms with Gasteiger partial charge in [-0.1, -0.05) is 27.7 Å². The van der Waals surface area contributed by atoms with Crippen LogP contribution in [0.25, 0.3) is 0 Å². The predicted molar refractivity (Wildman–Crippen MR) is 121 cm³/mol. The van der Waals surface area contributed by atoms with E-state index in [0.717, 1.165) is 37.7 Å². The van der Waals surface area contributed by atoms with Gasteiger partial charge in [0.05, 0.1) is 18.8 Å². The van der Waals surface area contributed by atoms with Crippen molar-refractivity contribution < 1.29 is 14.6 Å². The summed E-state index contributed by atoms with van der Waals surface area (Å²) in [6, 6.07) is 0.250. The maximum absolute atomic E-state index is 10.3. The molecule has 31 heavy (non-hydrogen) atoms. The third kappa shape index (κ3) is 2.74. The van der Waals surface area contributed by atoms with Crippen molar-refractivity contribution in [2.45, 2.75) is 110 Å². The van der Waals surface area contributed by atoms with E-state index < -0.39 is 0 Å². The molecule has 4 aliphatic carbocycles. The summed E-state index contributed by atoms with van der Waals surface area (Å²) in [5.41, 5.74) is 7.72. The van der Waals surface area contributed by atoms with Crippen LogP contribution in [0.15, 0.2) is 0 Å². The monoisotopic (exact) mass is 431 g/mol.